The number of carbonyl (C=O) groups is 1. The van der Waals surface area contributed by atoms with Crippen LogP contribution in [0.1, 0.15) is 31.7 Å². The van der Waals surface area contributed by atoms with Crippen LogP contribution in [-0.4, -0.2) is 35.1 Å². The van der Waals surface area contributed by atoms with E-state index in [1.165, 1.54) is 12.0 Å². The molecule has 2 rings (SSSR count). The number of rotatable bonds is 6. The third-order valence-corrected chi connectivity index (χ3v) is 3.69. The van der Waals surface area contributed by atoms with Crippen LogP contribution >= 0.6 is 0 Å². The zero-order valence-corrected chi connectivity index (χ0v) is 11.0. The zero-order chi connectivity index (χ0) is 13.1. The second-order valence-corrected chi connectivity index (χ2v) is 5.43. The van der Waals surface area contributed by atoms with Crippen molar-refractivity contribution >= 4 is 5.97 Å². The van der Waals surface area contributed by atoms with E-state index in [0.29, 0.717) is 11.8 Å². The second-order valence-electron chi connectivity index (χ2n) is 5.43. The van der Waals surface area contributed by atoms with Crippen molar-refractivity contribution < 1.29 is 9.90 Å². The average Bonchev–Trinajstić information content (AvgIpc) is 3.08. The summed E-state index contributed by atoms with van der Waals surface area (Å²) in [5.74, 6) is 0.510. The first kappa shape index (κ1) is 13.1. The SMILES string of the molecule is CC(C)N(CC(=O)O)CC1CC1c1ccccc1. The molecule has 1 aromatic rings. The maximum absolute atomic E-state index is 10.8. The fourth-order valence-electron chi connectivity index (χ4n) is 2.49. The van der Waals surface area contributed by atoms with Crippen molar-refractivity contribution in [2.75, 3.05) is 13.1 Å². The summed E-state index contributed by atoms with van der Waals surface area (Å²) in [6.45, 7) is 5.16. The molecule has 3 nitrogen and oxygen atoms in total. The lowest BCUT2D eigenvalue weighted by molar-refractivity contribution is -0.138. The third kappa shape index (κ3) is 3.33. The lowest BCUT2D eigenvalue weighted by Crippen LogP contribution is -2.37. The molecule has 1 N–H and O–H groups in total. The molecule has 0 saturated heterocycles. The summed E-state index contributed by atoms with van der Waals surface area (Å²) >= 11 is 0. The summed E-state index contributed by atoms with van der Waals surface area (Å²) in [7, 11) is 0. The molecule has 98 valence electrons. The topological polar surface area (TPSA) is 40.5 Å². The minimum Gasteiger partial charge on any atom is -0.480 e. The van der Waals surface area contributed by atoms with Gasteiger partial charge in [0.15, 0.2) is 0 Å². The first-order chi connectivity index (χ1) is 8.58. The highest BCUT2D eigenvalue weighted by atomic mass is 16.4. The highest BCUT2D eigenvalue weighted by molar-refractivity contribution is 5.69. The fourth-order valence-corrected chi connectivity index (χ4v) is 2.49. The van der Waals surface area contributed by atoms with Gasteiger partial charge in [-0.2, -0.15) is 0 Å². The Labute approximate surface area is 108 Å². The van der Waals surface area contributed by atoms with Crippen LogP contribution in [0.2, 0.25) is 0 Å². The number of nitrogens with zero attached hydrogens (tertiary/aromatic N) is 1. The molecule has 18 heavy (non-hydrogen) atoms. The molecular formula is C15H21NO2. The van der Waals surface area contributed by atoms with E-state index in [2.05, 4.69) is 43.0 Å². The van der Waals surface area contributed by atoms with Gasteiger partial charge in [-0.3, -0.25) is 9.69 Å². The minimum absolute atomic E-state index is 0.148. The quantitative estimate of drug-likeness (QED) is 0.840. The minimum atomic E-state index is -0.736. The molecular weight excluding hydrogens is 226 g/mol. The molecule has 0 amide bonds. The first-order valence-electron chi connectivity index (χ1n) is 6.58. The summed E-state index contributed by atoms with van der Waals surface area (Å²) < 4.78 is 0. The van der Waals surface area contributed by atoms with Gasteiger partial charge in [-0.25, -0.2) is 0 Å². The largest absolute Gasteiger partial charge is 0.480 e. The molecule has 1 fully saturated rings. The highest BCUT2D eigenvalue weighted by Gasteiger charge is 2.39. The van der Waals surface area contributed by atoms with Crippen LogP contribution in [-0.2, 0) is 4.79 Å². The van der Waals surface area contributed by atoms with Gasteiger partial charge in [-0.15, -0.1) is 0 Å². The lowest BCUT2D eigenvalue weighted by atomic mass is 10.1. The summed E-state index contributed by atoms with van der Waals surface area (Å²) in [6.07, 6.45) is 1.19. The van der Waals surface area contributed by atoms with Crippen LogP contribution in [0.5, 0.6) is 0 Å². The molecule has 0 heterocycles. The molecule has 2 unspecified atom stereocenters. The molecule has 0 spiro atoms. The Morgan fingerprint density at radius 3 is 2.61 bits per heavy atom. The van der Waals surface area contributed by atoms with Gasteiger partial charge in [0.1, 0.15) is 0 Å². The smallest absolute Gasteiger partial charge is 0.317 e. The predicted molar refractivity (Wildman–Crippen MR) is 71.6 cm³/mol. The molecule has 0 aromatic heterocycles. The maximum atomic E-state index is 10.8. The van der Waals surface area contributed by atoms with Gasteiger partial charge in [0, 0.05) is 12.6 Å². The number of hydrogen-bond donors (Lipinski definition) is 1. The molecule has 0 radical (unpaired) electrons. The second kappa shape index (κ2) is 5.53. The molecule has 0 bridgehead atoms. The van der Waals surface area contributed by atoms with E-state index in [1.54, 1.807) is 0 Å². The number of carboxylic acid groups (broad SMARTS) is 1. The van der Waals surface area contributed by atoms with E-state index < -0.39 is 5.97 Å². The predicted octanol–water partition coefficient (Wildman–Crippen LogP) is 2.59. The van der Waals surface area contributed by atoms with Gasteiger partial charge in [-0.1, -0.05) is 30.3 Å². The summed E-state index contributed by atoms with van der Waals surface area (Å²) in [5, 5.41) is 8.91. The number of aliphatic carboxylic acids is 1. The molecule has 2 atom stereocenters. The molecule has 0 aliphatic heterocycles. The summed E-state index contributed by atoms with van der Waals surface area (Å²) in [6, 6.07) is 10.8. The Balaban J connectivity index is 1.89. The Morgan fingerprint density at radius 1 is 1.39 bits per heavy atom. The van der Waals surface area contributed by atoms with E-state index in [-0.39, 0.29) is 12.6 Å². The van der Waals surface area contributed by atoms with Gasteiger partial charge < -0.3 is 5.11 Å². The van der Waals surface area contributed by atoms with Gasteiger partial charge in [0.2, 0.25) is 0 Å². The number of benzene rings is 1. The van der Waals surface area contributed by atoms with Crippen LogP contribution in [0.4, 0.5) is 0 Å². The lowest BCUT2D eigenvalue weighted by Gasteiger charge is -2.24. The first-order valence-corrected chi connectivity index (χ1v) is 6.58. The van der Waals surface area contributed by atoms with Crippen molar-refractivity contribution in [3.8, 4) is 0 Å². The van der Waals surface area contributed by atoms with E-state index in [0.717, 1.165) is 6.54 Å². The van der Waals surface area contributed by atoms with Crippen LogP contribution < -0.4 is 0 Å². The van der Waals surface area contributed by atoms with Gasteiger partial charge in [0.05, 0.1) is 6.54 Å². The van der Waals surface area contributed by atoms with Crippen molar-refractivity contribution in [2.45, 2.75) is 32.2 Å². The Bertz CT molecular complexity index is 402. The average molecular weight is 247 g/mol. The third-order valence-electron chi connectivity index (χ3n) is 3.69. The van der Waals surface area contributed by atoms with E-state index >= 15 is 0 Å². The monoisotopic (exact) mass is 247 g/mol. The van der Waals surface area contributed by atoms with Gasteiger partial charge in [-0.05, 0) is 37.7 Å². The Hall–Kier alpha value is -1.35. The van der Waals surface area contributed by atoms with Crippen molar-refractivity contribution in [1.82, 2.24) is 4.90 Å². The van der Waals surface area contributed by atoms with Crippen molar-refractivity contribution in [3.63, 3.8) is 0 Å². The maximum Gasteiger partial charge on any atom is 0.317 e. The Morgan fingerprint density at radius 2 is 2.06 bits per heavy atom. The summed E-state index contributed by atoms with van der Waals surface area (Å²) in [5.41, 5.74) is 1.39. The summed E-state index contributed by atoms with van der Waals surface area (Å²) in [4.78, 5) is 12.9. The molecule has 1 aliphatic carbocycles. The van der Waals surface area contributed by atoms with Crippen molar-refractivity contribution in [1.29, 1.82) is 0 Å². The normalized spacial score (nSPS) is 22.4. The fraction of sp³-hybridized carbons (Fsp3) is 0.533. The number of hydrogen-bond acceptors (Lipinski definition) is 2. The van der Waals surface area contributed by atoms with E-state index in [1.807, 2.05) is 6.07 Å². The van der Waals surface area contributed by atoms with E-state index in [4.69, 9.17) is 5.11 Å². The van der Waals surface area contributed by atoms with Crippen LogP contribution in [0.15, 0.2) is 30.3 Å². The molecule has 3 heteroatoms. The van der Waals surface area contributed by atoms with Crippen molar-refractivity contribution in [2.24, 2.45) is 5.92 Å². The Kier molecular flexibility index (Phi) is 4.02. The number of carboxylic acids is 1. The molecule has 1 aliphatic rings. The van der Waals surface area contributed by atoms with Crippen molar-refractivity contribution in [3.05, 3.63) is 35.9 Å². The standard InChI is InChI=1S/C15H21NO2/c1-11(2)16(10-15(17)18)9-13-8-14(13)12-6-4-3-5-7-12/h3-7,11,13-14H,8-10H2,1-2H3,(H,17,18). The highest BCUT2D eigenvalue weighted by Crippen LogP contribution is 2.47. The van der Waals surface area contributed by atoms with Crippen LogP contribution in [0.25, 0.3) is 0 Å². The van der Waals surface area contributed by atoms with Gasteiger partial charge >= 0.3 is 5.97 Å². The molecule has 1 saturated carbocycles. The zero-order valence-electron chi connectivity index (χ0n) is 11.0. The van der Waals surface area contributed by atoms with Crippen LogP contribution in [0.3, 0.4) is 0 Å². The van der Waals surface area contributed by atoms with Crippen LogP contribution in [0, 0.1) is 5.92 Å². The molecule has 1 aromatic carbocycles. The van der Waals surface area contributed by atoms with E-state index in [9.17, 15) is 4.79 Å². The van der Waals surface area contributed by atoms with Gasteiger partial charge in [0.25, 0.3) is 0 Å².